The Kier molecular flexibility index (Phi) is 7.79. The van der Waals surface area contributed by atoms with E-state index in [9.17, 15) is 18.0 Å². The first kappa shape index (κ1) is 24.4. The van der Waals surface area contributed by atoms with Crippen LogP contribution in [0, 0.1) is 0 Å². The van der Waals surface area contributed by atoms with Gasteiger partial charge < -0.3 is 15.4 Å². The van der Waals surface area contributed by atoms with Crippen molar-refractivity contribution in [3.63, 3.8) is 0 Å². The second kappa shape index (κ2) is 11.2. The van der Waals surface area contributed by atoms with Gasteiger partial charge in [0.25, 0.3) is 15.9 Å². The van der Waals surface area contributed by atoms with Crippen molar-refractivity contribution in [2.24, 2.45) is 0 Å². The third kappa shape index (κ3) is 6.06. The number of nitrogens with one attached hydrogen (secondary N) is 2. The second-order valence-electron chi connectivity index (χ2n) is 8.10. The maximum absolute atomic E-state index is 13.4. The smallest absolute Gasteiger partial charge is 0.264 e. The Labute approximate surface area is 205 Å². The predicted octanol–water partition coefficient (Wildman–Crippen LogP) is 3.43. The van der Waals surface area contributed by atoms with Gasteiger partial charge in [0.15, 0.2) is 0 Å². The summed E-state index contributed by atoms with van der Waals surface area (Å²) in [5.41, 5.74) is 0.942. The Balaban J connectivity index is 1.52. The molecule has 1 fully saturated rings. The fraction of sp³-hybridized carbons (Fsp3) is 0.231. The molecule has 1 aliphatic rings. The van der Waals surface area contributed by atoms with Crippen LogP contribution in [-0.4, -0.2) is 46.0 Å². The van der Waals surface area contributed by atoms with Gasteiger partial charge in [0.1, 0.15) is 6.54 Å². The van der Waals surface area contributed by atoms with E-state index < -0.39 is 22.5 Å². The number of carbonyl (C=O) groups is 2. The van der Waals surface area contributed by atoms with Gasteiger partial charge in [-0.15, -0.1) is 0 Å². The molecule has 3 aromatic carbocycles. The number of nitrogens with zero attached hydrogens (tertiary/aromatic N) is 1. The predicted molar refractivity (Wildman–Crippen MR) is 134 cm³/mol. The van der Waals surface area contributed by atoms with Gasteiger partial charge in [-0.2, -0.15) is 0 Å². The van der Waals surface area contributed by atoms with Crippen molar-refractivity contribution in [2.75, 3.05) is 29.3 Å². The van der Waals surface area contributed by atoms with Crippen LogP contribution in [-0.2, 0) is 19.6 Å². The number of hydrogen-bond donors (Lipinski definition) is 2. The first-order valence-electron chi connectivity index (χ1n) is 11.4. The van der Waals surface area contributed by atoms with Crippen LogP contribution in [0.25, 0.3) is 0 Å². The lowest BCUT2D eigenvalue weighted by molar-refractivity contribution is -0.114. The van der Waals surface area contributed by atoms with Gasteiger partial charge in [0.05, 0.1) is 27.9 Å². The summed E-state index contributed by atoms with van der Waals surface area (Å²) >= 11 is 0. The molecule has 0 saturated carbocycles. The SMILES string of the molecule is O=C(CN(c1ccccc1)S(=O)(=O)c1ccccc1)Nc1ccccc1C(=O)NCC1CCCO1. The van der Waals surface area contributed by atoms with Gasteiger partial charge >= 0.3 is 0 Å². The van der Waals surface area contributed by atoms with Gasteiger partial charge in [-0.3, -0.25) is 13.9 Å². The minimum absolute atomic E-state index is 0.0108. The highest BCUT2D eigenvalue weighted by molar-refractivity contribution is 7.92. The average Bonchev–Trinajstić information content (AvgIpc) is 3.41. The lowest BCUT2D eigenvalue weighted by atomic mass is 10.1. The van der Waals surface area contributed by atoms with Crippen molar-refractivity contribution in [3.8, 4) is 0 Å². The van der Waals surface area contributed by atoms with Gasteiger partial charge in [0.2, 0.25) is 5.91 Å². The Morgan fingerprint density at radius 3 is 2.26 bits per heavy atom. The van der Waals surface area contributed by atoms with Gasteiger partial charge in [-0.25, -0.2) is 8.42 Å². The van der Waals surface area contributed by atoms with Crippen molar-refractivity contribution in [2.45, 2.75) is 23.8 Å². The molecule has 2 amide bonds. The zero-order valence-corrected chi connectivity index (χ0v) is 19.9. The number of amides is 2. The van der Waals surface area contributed by atoms with Crippen LogP contribution in [0.3, 0.4) is 0 Å². The molecule has 0 bridgehead atoms. The molecule has 0 aromatic heterocycles. The molecule has 1 aliphatic heterocycles. The number of ether oxygens (including phenoxy) is 1. The van der Waals surface area contributed by atoms with E-state index in [0.717, 1.165) is 17.1 Å². The van der Waals surface area contributed by atoms with Crippen LogP contribution in [0.1, 0.15) is 23.2 Å². The Bertz CT molecular complexity index is 1260. The fourth-order valence-electron chi connectivity index (χ4n) is 3.85. The van der Waals surface area contributed by atoms with E-state index in [1.54, 1.807) is 72.8 Å². The zero-order valence-electron chi connectivity index (χ0n) is 19.1. The highest BCUT2D eigenvalue weighted by atomic mass is 32.2. The van der Waals surface area contributed by atoms with Gasteiger partial charge in [-0.05, 0) is 49.2 Å². The quantitative estimate of drug-likeness (QED) is 0.475. The molecule has 0 aliphatic carbocycles. The molecule has 1 heterocycles. The molecule has 8 nitrogen and oxygen atoms in total. The Hall–Kier alpha value is -3.69. The van der Waals surface area contributed by atoms with Crippen LogP contribution in [0.15, 0.2) is 89.8 Å². The largest absolute Gasteiger partial charge is 0.376 e. The van der Waals surface area contributed by atoms with E-state index >= 15 is 0 Å². The van der Waals surface area contributed by atoms with Crippen LogP contribution >= 0.6 is 0 Å². The number of sulfonamides is 1. The van der Waals surface area contributed by atoms with E-state index in [4.69, 9.17) is 4.74 Å². The van der Waals surface area contributed by atoms with E-state index in [-0.39, 0.29) is 22.5 Å². The summed E-state index contributed by atoms with van der Waals surface area (Å²) in [6, 6.07) is 23.0. The summed E-state index contributed by atoms with van der Waals surface area (Å²) in [5, 5.41) is 5.55. The number of hydrogen-bond acceptors (Lipinski definition) is 5. The van der Waals surface area contributed by atoms with Crippen molar-refractivity contribution in [1.29, 1.82) is 0 Å². The summed E-state index contributed by atoms with van der Waals surface area (Å²) in [4.78, 5) is 25.9. The summed E-state index contributed by atoms with van der Waals surface area (Å²) in [6.45, 7) is 0.613. The van der Waals surface area contributed by atoms with Crippen LogP contribution in [0.5, 0.6) is 0 Å². The number of anilines is 2. The summed E-state index contributed by atoms with van der Waals surface area (Å²) < 4.78 is 33.3. The lowest BCUT2D eigenvalue weighted by Gasteiger charge is -2.24. The van der Waals surface area contributed by atoms with Crippen LogP contribution in [0.4, 0.5) is 11.4 Å². The molecule has 3 aromatic rings. The minimum Gasteiger partial charge on any atom is -0.376 e. The first-order chi connectivity index (χ1) is 16.9. The number of para-hydroxylation sites is 2. The number of rotatable bonds is 9. The number of benzene rings is 3. The normalized spacial score (nSPS) is 15.4. The summed E-state index contributed by atoms with van der Waals surface area (Å²) in [6.07, 6.45) is 1.85. The molecule has 9 heteroatoms. The highest BCUT2D eigenvalue weighted by Crippen LogP contribution is 2.24. The third-order valence-electron chi connectivity index (χ3n) is 5.62. The molecule has 35 heavy (non-hydrogen) atoms. The highest BCUT2D eigenvalue weighted by Gasteiger charge is 2.27. The molecule has 182 valence electrons. The minimum atomic E-state index is -4.01. The maximum Gasteiger partial charge on any atom is 0.264 e. The molecule has 4 rings (SSSR count). The summed E-state index contributed by atoms with van der Waals surface area (Å²) in [7, 11) is -4.01. The molecule has 1 saturated heterocycles. The summed E-state index contributed by atoms with van der Waals surface area (Å²) in [5.74, 6) is -0.916. The standard InChI is InChI=1S/C26H27N3O5S/c30-25(28-24-16-8-7-15-23(24)26(31)27-18-21-12-9-17-34-21)19-29(20-10-3-1-4-11-20)35(32,33)22-13-5-2-6-14-22/h1-8,10-11,13-16,21H,9,12,17-19H2,(H,27,31)(H,28,30). The van der Waals surface area contributed by atoms with Crippen molar-refractivity contribution >= 4 is 33.2 Å². The molecular weight excluding hydrogens is 466 g/mol. The van der Waals surface area contributed by atoms with E-state index in [1.165, 1.54) is 12.1 Å². The van der Waals surface area contributed by atoms with Crippen molar-refractivity contribution in [1.82, 2.24) is 5.32 Å². The second-order valence-corrected chi connectivity index (χ2v) is 9.96. The van der Waals surface area contributed by atoms with E-state index in [2.05, 4.69) is 10.6 Å². The lowest BCUT2D eigenvalue weighted by Crippen LogP contribution is -2.38. The molecule has 0 radical (unpaired) electrons. The topological polar surface area (TPSA) is 105 Å². The van der Waals surface area contributed by atoms with Crippen molar-refractivity contribution < 1.29 is 22.7 Å². The van der Waals surface area contributed by atoms with E-state index in [1.807, 2.05) is 0 Å². The van der Waals surface area contributed by atoms with Gasteiger partial charge in [-0.1, -0.05) is 48.5 Å². The molecule has 2 N–H and O–H groups in total. The fourth-order valence-corrected chi connectivity index (χ4v) is 5.29. The monoisotopic (exact) mass is 493 g/mol. The zero-order chi connectivity index (χ0) is 24.7. The Morgan fingerprint density at radius 2 is 1.57 bits per heavy atom. The maximum atomic E-state index is 13.4. The molecule has 0 spiro atoms. The Morgan fingerprint density at radius 1 is 0.914 bits per heavy atom. The first-order valence-corrected chi connectivity index (χ1v) is 12.8. The third-order valence-corrected chi connectivity index (χ3v) is 7.41. The van der Waals surface area contributed by atoms with E-state index in [0.29, 0.717) is 24.5 Å². The van der Waals surface area contributed by atoms with Crippen LogP contribution in [0.2, 0.25) is 0 Å². The average molecular weight is 494 g/mol. The molecule has 1 atom stereocenters. The van der Waals surface area contributed by atoms with Gasteiger partial charge in [0, 0.05) is 13.2 Å². The van der Waals surface area contributed by atoms with Crippen LogP contribution < -0.4 is 14.9 Å². The molecule has 1 unspecified atom stereocenters. The number of carbonyl (C=O) groups excluding carboxylic acids is 2. The van der Waals surface area contributed by atoms with Crippen molar-refractivity contribution in [3.05, 3.63) is 90.5 Å². The molecular formula is C26H27N3O5S.